The van der Waals surface area contributed by atoms with E-state index in [9.17, 15) is 4.79 Å². The number of benzene rings is 1. The second-order valence-electron chi connectivity index (χ2n) is 7.61. The summed E-state index contributed by atoms with van der Waals surface area (Å²) >= 11 is 3.62. The van der Waals surface area contributed by atoms with Gasteiger partial charge in [0.25, 0.3) is 0 Å². The predicted octanol–water partition coefficient (Wildman–Crippen LogP) is 4.40. The smallest absolute Gasteiger partial charge is 0.223 e. The highest BCUT2D eigenvalue weighted by atomic mass is 79.9. The van der Waals surface area contributed by atoms with Crippen LogP contribution in [-0.2, 0) is 17.9 Å². The van der Waals surface area contributed by atoms with Gasteiger partial charge >= 0.3 is 0 Å². The van der Waals surface area contributed by atoms with Crippen molar-refractivity contribution in [2.45, 2.75) is 39.3 Å². The number of carbonyl (C=O) groups excluding carboxylic acids is 1. The first-order valence-electron chi connectivity index (χ1n) is 9.98. The molecule has 1 amide bonds. The summed E-state index contributed by atoms with van der Waals surface area (Å²) in [4.78, 5) is 23.7. The van der Waals surface area contributed by atoms with Gasteiger partial charge in [0.15, 0.2) is 5.65 Å². The molecule has 0 aliphatic carbocycles. The predicted molar refractivity (Wildman–Crippen MR) is 116 cm³/mol. The number of pyridine rings is 1. The van der Waals surface area contributed by atoms with Crippen molar-refractivity contribution in [1.82, 2.24) is 19.4 Å². The fourth-order valence-corrected chi connectivity index (χ4v) is 4.44. The second kappa shape index (κ2) is 8.53. The molecule has 4 rings (SSSR count). The second-order valence-corrected chi connectivity index (χ2v) is 8.46. The van der Waals surface area contributed by atoms with Gasteiger partial charge in [0, 0.05) is 35.7 Å². The van der Waals surface area contributed by atoms with Crippen LogP contribution in [0.4, 0.5) is 0 Å². The van der Waals surface area contributed by atoms with Gasteiger partial charge < -0.3 is 14.2 Å². The maximum absolute atomic E-state index is 12.5. The Bertz CT molecular complexity index is 1020. The van der Waals surface area contributed by atoms with E-state index in [1.807, 2.05) is 46.3 Å². The van der Waals surface area contributed by atoms with Crippen LogP contribution in [0, 0.1) is 5.92 Å². The number of likely N-dealkylation sites (tertiary alicyclic amines) is 1. The number of nitrogens with zero attached hydrogens (tertiary/aromatic N) is 4. The molecular formula is C22H25BrN4O2. The van der Waals surface area contributed by atoms with Crippen LogP contribution < -0.4 is 4.74 Å². The topological polar surface area (TPSA) is 60.2 Å². The highest BCUT2D eigenvalue weighted by Crippen LogP contribution is 2.29. The Morgan fingerprint density at radius 2 is 2.00 bits per heavy atom. The van der Waals surface area contributed by atoms with E-state index < -0.39 is 0 Å². The van der Waals surface area contributed by atoms with Crippen LogP contribution in [0.25, 0.3) is 11.2 Å². The number of hydrogen-bond donors (Lipinski definition) is 0. The van der Waals surface area contributed by atoms with Crippen molar-refractivity contribution in [3.8, 4) is 5.75 Å². The zero-order valence-corrected chi connectivity index (χ0v) is 18.4. The normalized spacial score (nSPS) is 16.7. The number of imidazole rings is 1. The number of rotatable bonds is 7. The van der Waals surface area contributed by atoms with E-state index in [4.69, 9.17) is 4.74 Å². The summed E-state index contributed by atoms with van der Waals surface area (Å²) < 4.78 is 8.16. The molecule has 152 valence electrons. The summed E-state index contributed by atoms with van der Waals surface area (Å²) in [7, 11) is 1.66. The van der Waals surface area contributed by atoms with Gasteiger partial charge in [-0.05, 0) is 46.0 Å². The van der Waals surface area contributed by atoms with Gasteiger partial charge in [-0.2, -0.15) is 0 Å². The molecule has 3 aromatic rings. The lowest BCUT2D eigenvalue weighted by molar-refractivity contribution is -0.128. The van der Waals surface area contributed by atoms with Gasteiger partial charge in [-0.25, -0.2) is 9.97 Å². The first-order chi connectivity index (χ1) is 14.1. The molecule has 2 aromatic heterocycles. The Kier molecular flexibility index (Phi) is 5.85. The first kappa shape index (κ1) is 19.9. The average Bonchev–Trinajstić information content (AvgIpc) is 3.28. The minimum absolute atomic E-state index is 0.234. The molecule has 1 aromatic carbocycles. The van der Waals surface area contributed by atoms with Gasteiger partial charge in [0.05, 0.1) is 20.0 Å². The lowest BCUT2D eigenvalue weighted by Gasteiger charge is -2.18. The van der Waals surface area contributed by atoms with Gasteiger partial charge in [0.2, 0.25) is 5.91 Å². The van der Waals surface area contributed by atoms with E-state index in [-0.39, 0.29) is 5.91 Å². The number of hydrogen-bond acceptors (Lipinski definition) is 4. The van der Waals surface area contributed by atoms with Crippen molar-refractivity contribution in [2.24, 2.45) is 5.92 Å². The van der Waals surface area contributed by atoms with E-state index in [0.29, 0.717) is 25.4 Å². The fraction of sp³-hybridized carbons (Fsp3) is 0.409. The number of aromatic nitrogens is 3. The quantitative estimate of drug-likeness (QED) is 0.528. The zero-order valence-electron chi connectivity index (χ0n) is 16.8. The molecule has 1 atom stereocenters. The van der Waals surface area contributed by atoms with Crippen molar-refractivity contribution < 1.29 is 9.53 Å². The number of methoxy groups -OCH3 is 1. The summed E-state index contributed by atoms with van der Waals surface area (Å²) in [5, 5.41) is 0. The molecule has 0 saturated carbocycles. The average molecular weight is 457 g/mol. The monoisotopic (exact) mass is 456 g/mol. The molecule has 1 aliphatic rings. The van der Waals surface area contributed by atoms with Crippen molar-refractivity contribution >= 4 is 33.0 Å². The highest BCUT2D eigenvalue weighted by Gasteiger charge is 2.30. The molecule has 6 nitrogen and oxygen atoms in total. The summed E-state index contributed by atoms with van der Waals surface area (Å²) in [6, 6.07) is 7.99. The van der Waals surface area contributed by atoms with Crippen LogP contribution in [0.15, 0.2) is 41.3 Å². The Morgan fingerprint density at radius 1 is 1.21 bits per heavy atom. The summed E-state index contributed by atoms with van der Waals surface area (Å²) in [5.41, 5.74) is 3.85. The van der Waals surface area contributed by atoms with Crippen molar-refractivity contribution in [3.63, 3.8) is 0 Å². The van der Waals surface area contributed by atoms with E-state index >= 15 is 0 Å². The van der Waals surface area contributed by atoms with Gasteiger partial charge in [-0.1, -0.05) is 25.5 Å². The third-order valence-corrected chi connectivity index (χ3v) is 6.22. The zero-order chi connectivity index (χ0) is 20.4. The Labute approximate surface area is 179 Å². The van der Waals surface area contributed by atoms with Crippen LogP contribution in [0.2, 0.25) is 0 Å². The fourth-order valence-electron chi connectivity index (χ4n) is 4.03. The molecular weight excluding hydrogens is 432 g/mol. The SMILES string of the molecule is CCCC1CC(=O)N(Cc2c(Br)cnc3c2ncn3Cc2ccc(OC)cc2)C1. The molecule has 1 unspecified atom stereocenters. The molecule has 0 N–H and O–H groups in total. The van der Waals surface area contributed by atoms with Gasteiger partial charge in [0.1, 0.15) is 11.3 Å². The maximum atomic E-state index is 12.5. The molecule has 1 aliphatic heterocycles. The molecule has 3 heterocycles. The van der Waals surface area contributed by atoms with Crippen LogP contribution >= 0.6 is 15.9 Å². The summed E-state index contributed by atoms with van der Waals surface area (Å²) in [6.45, 7) is 4.25. The molecule has 29 heavy (non-hydrogen) atoms. The van der Waals surface area contributed by atoms with Crippen LogP contribution in [0.3, 0.4) is 0 Å². The molecule has 7 heteroatoms. The lowest BCUT2D eigenvalue weighted by Crippen LogP contribution is -2.25. The first-order valence-corrected chi connectivity index (χ1v) is 10.8. The van der Waals surface area contributed by atoms with E-state index in [1.54, 1.807) is 7.11 Å². The third-order valence-electron chi connectivity index (χ3n) is 5.54. The number of amides is 1. The van der Waals surface area contributed by atoms with Crippen molar-refractivity contribution in [3.05, 3.63) is 52.4 Å². The van der Waals surface area contributed by atoms with Crippen LogP contribution in [-0.4, -0.2) is 39.0 Å². The van der Waals surface area contributed by atoms with Gasteiger partial charge in [-0.15, -0.1) is 0 Å². The largest absolute Gasteiger partial charge is 0.497 e. The Balaban J connectivity index is 1.59. The Morgan fingerprint density at radius 3 is 2.72 bits per heavy atom. The van der Waals surface area contributed by atoms with Crippen LogP contribution in [0.1, 0.15) is 37.3 Å². The lowest BCUT2D eigenvalue weighted by atomic mass is 10.0. The molecule has 1 fully saturated rings. The number of carbonyl (C=O) groups is 1. The molecule has 0 spiro atoms. The Hall–Kier alpha value is -2.41. The van der Waals surface area contributed by atoms with Crippen LogP contribution in [0.5, 0.6) is 5.75 Å². The standard InChI is InChI=1S/C22H25BrN4O2/c1-3-4-16-9-20(28)26(12-16)13-18-19(23)10-24-22-21(18)25-14-27(22)11-15-5-7-17(29-2)8-6-15/h5-8,10,14,16H,3-4,9,11-13H2,1-2H3. The highest BCUT2D eigenvalue weighted by molar-refractivity contribution is 9.10. The van der Waals surface area contributed by atoms with Gasteiger partial charge in [-0.3, -0.25) is 4.79 Å². The minimum Gasteiger partial charge on any atom is -0.497 e. The van der Waals surface area contributed by atoms with E-state index in [0.717, 1.165) is 51.9 Å². The van der Waals surface area contributed by atoms with E-state index in [1.165, 1.54) is 0 Å². The molecule has 0 bridgehead atoms. The molecule has 1 saturated heterocycles. The number of fused-ring (bicyclic) bond motifs is 1. The summed E-state index contributed by atoms with van der Waals surface area (Å²) in [6.07, 6.45) is 6.51. The summed E-state index contributed by atoms with van der Waals surface area (Å²) in [5.74, 6) is 1.54. The number of halogens is 1. The van der Waals surface area contributed by atoms with Crippen molar-refractivity contribution in [2.75, 3.05) is 13.7 Å². The molecule has 0 radical (unpaired) electrons. The minimum atomic E-state index is 0.234. The third kappa shape index (κ3) is 4.15. The number of ether oxygens (including phenoxy) is 1. The van der Waals surface area contributed by atoms with E-state index in [2.05, 4.69) is 32.8 Å². The van der Waals surface area contributed by atoms with Crippen molar-refractivity contribution in [1.29, 1.82) is 0 Å². The maximum Gasteiger partial charge on any atom is 0.223 e.